The topological polar surface area (TPSA) is 67.4 Å². The zero-order chi connectivity index (χ0) is 14.5. The van der Waals surface area contributed by atoms with Gasteiger partial charge in [0.25, 0.3) is 0 Å². The van der Waals surface area contributed by atoms with Gasteiger partial charge in [0.15, 0.2) is 0 Å². The van der Waals surface area contributed by atoms with Crippen LogP contribution in [0.2, 0.25) is 0 Å². The van der Waals surface area contributed by atoms with E-state index in [0.29, 0.717) is 23.6 Å². The molecule has 0 spiro atoms. The maximum Gasteiger partial charge on any atom is 0.338 e. The van der Waals surface area contributed by atoms with E-state index < -0.39 is 5.97 Å². The predicted molar refractivity (Wildman–Crippen MR) is 76.7 cm³/mol. The van der Waals surface area contributed by atoms with Crippen molar-refractivity contribution in [3.63, 3.8) is 0 Å². The second-order valence-electron chi connectivity index (χ2n) is 5.08. The van der Waals surface area contributed by atoms with Crippen molar-refractivity contribution in [1.29, 1.82) is 0 Å². The Labute approximate surface area is 118 Å². The number of benzene rings is 1. The number of hydrogen-bond donors (Lipinski definition) is 2. The van der Waals surface area contributed by atoms with E-state index in [2.05, 4.69) is 10.6 Å². The molecule has 1 aromatic rings. The number of hydrogen-bond acceptors (Lipinski definition) is 4. The molecule has 0 bridgehead atoms. The van der Waals surface area contributed by atoms with Gasteiger partial charge in [-0.2, -0.15) is 0 Å². The Morgan fingerprint density at radius 3 is 2.90 bits per heavy atom. The average Bonchev–Trinajstić information content (AvgIpc) is 2.93. The molecule has 0 aromatic heterocycles. The van der Waals surface area contributed by atoms with Crippen LogP contribution in [0.5, 0.6) is 0 Å². The van der Waals surface area contributed by atoms with Gasteiger partial charge in [0, 0.05) is 12.1 Å². The van der Waals surface area contributed by atoms with Gasteiger partial charge in [-0.3, -0.25) is 4.79 Å². The third kappa shape index (κ3) is 3.36. The number of anilines is 1. The molecule has 0 aliphatic carbocycles. The highest BCUT2D eigenvalue weighted by atomic mass is 16.5. The first-order chi connectivity index (χ1) is 9.61. The summed E-state index contributed by atoms with van der Waals surface area (Å²) >= 11 is 0. The molecule has 1 heterocycles. The minimum atomic E-state index is -0.390. The molecular formula is C15H20N2O3. The quantitative estimate of drug-likeness (QED) is 0.822. The zero-order valence-electron chi connectivity index (χ0n) is 11.9. The molecule has 1 atom stereocenters. The van der Waals surface area contributed by atoms with E-state index in [0.717, 1.165) is 25.1 Å². The van der Waals surface area contributed by atoms with Gasteiger partial charge in [0.1, 0.15) is 0 Å². The highest BCUT2D eigenvalue weighted by molar-refractivity contribution is 5.96. The maximum absolute atomic E-state index is 12.0. The van der Waals surface area contributed by atoms with Gasteiger partial charge in [-0.1, -0.05) is 6.07 Å². The number of methoxy groups -OCH3 is 1. The molecule has 1 unspecified atom stereocenters. The molecule has 0 saturated carbocycles. The molecule has 5 heteroatoms. The van der Waals surface area contributed by atoms with E-state index in [-0.39, 0.29) is 5.91 Å². The van der Waals surface area contributed by atoms with E-state index in [1.807, 2.05) is 0 Å². The van der Waals surface area contributed by atoms with Gasteiger partial charge in [-0.05, 0) is 50.0 Å². The summed E-state index contributed by atoms with van der Waals surface area (Å²) in [6, 6.07) is 5.23. The van der Waals surface area contributed by atoms with Crippen LogP contribution >= 0.6 is 0 Å². The molecular weight excluding hydrogens is 256 g/mol. The second kappa shape index (κ2) is 6.52. The molecule has 1 saturated heterocycles. The van der Waals surface area contributed by atoms with Crippen LogP contribution in [0.15, 0.2) is 18.2 Å². The highest BCUT2D eigenvalue weighted by Crippen LogP contribution is 2.21. The molecule has 1 fully saturated rings. The first-order valence-corrected chi connectivity index (χ1v) is 6.80. The average molecular weight is 276 g/mol. The highest BCUT2D eigenvalue weighted by Gasteiger charge is 2.19. The van der Waals surface area contributed by atoms with Crippen molar-refractivity contribution in [2.75, 3.05) is 25.5 Å². The lowest BCUT2D eigenvalue weighted by atomic mass is 10.0. The Morgan fingerprint density at radius 1 is 1.45 bits per heavy atom. The molecule has 0 radical (unpaired) electrons. The second-order valence-corrected chi connectivity index (χ2v) is 5.08. The maximum atomic E-state index is 12.0. The number of amides is 1. The van der Waals surface area contributed by atoms with Crippen LogP contribution in [-0.2, 0) is 9.53 Å². The number of nitrogens with one attached hydrogen (secondary N) is 2. The fourth-order valence-electron chi connectivity index (χ4n) is 2.45. The van der Waals surface area contributed by atoms with Crippen LogP contribution in [0, 0.1) is 12.8 Å². The van der Waals surface area contributed by atoms with Gasteiger partial charge in [0.2, 0.25) is 5.91 Å². The van der Waals surface area contributed by atoms with Gasteiger partial charge < -0.3 is 15.4 Å². The molecule has 5 nitrogen and oxygen atoms in total. The summed E-state index contributed by atoms with van der Waals surface area (Å²) in [5.74, 6) is 0.00139. The SMILES string of the molecule is COC(=O)c1cccc(NC(=O)CC2CCNC2)c1C. The molecule has 2 rings (SSSR count). The lowest BCUT2D eigenvalue weighted by Gasteiger charge is -2.13. The minimum Gasteiger partial charge on any atom is -0.465 e. The normalized spacial score (nSPS) is 17.8. The van der Waals surface area contributed by atoms with Crippen LogP contribution in [-0.4, -0.2) is 32.1 Å². The smallest absolute Gasteiger partial charge is 0.338 e. The summed E-state index contributed by atoms with van der Waals surface area (Å²) < 4.78 is 4.72. The lowest BCUT2D eigenvalue weighted by molar-refractivity contribution is -0.117. The van der Waals surface area contributed by atoms with Gasteiger partial charge in [-0.15, -0.1) is 0 Å². The number of ether oxygens (including phenoxy) is 1. The zero-order valence-corrected chi connectivity index (χ0v) is 11.9. The first kappa shape index (κ1) is 14.5. The summed E-state index contributed by atoms with van der Waals surface area (Å²) in [6.45, 7) is 3.68. The Hall–Kier alpha value is -1.88. The third-order valence-electron chi connectivity index (χ3n) is 3.65. The summed E-state index contributed by atoms with van der Waals surface area (Å²) in [7, 11) is 1.35. The predicted octanol–water partition coefficient (Wildman–Crippen LogP) is 1.72. The van der Waals surface area contributed by atoms with Crippen molar-refractivity contribution in [2.24, 2.45) is 5.92 Å². The Kier molecular flexibility index (Phi) is 4.74. The van der Waals surface area contributed by atoms with Crippen molar-refractivity contribution in [3.05, 3.63) is 29.3 Å². The van der Waals surface area contributed by atoms with Gasteiger partial charge in [0.05, 0.1) is 12.7 Å². The molecule has 1 amide bonds. The standard InChI is InChI=1S/C15H20N2O3/c1-10-12(15(19)20-2)4-3-5-13(10)17-14(18)8-11-6-7-16-9-11/h3-5,11,16H,6-9H2,1-2H3,(H,17,18). The summed E-state index contributed by atoms with van der Waals surface area (Å²) in [5, 5.41) is 6.13. The van der Waals surface area contributed by atoms with E-state index >= 15 is 0 Å². The van der Waals surface area contributed by atoms with E-state index in [1.165, 1.54) is 7.11 Å². The Morgan fingerprint density at radius 2 is 2.25 bits per heavy atom. The summed E-state index contributed by atoms with van der Waals surface area (Å²) in [6.07, 6.45) is 1.55. The minimum absolute atomic E-state index is 0.0104. The van der Waals surface area contributed by atoms with E-state index in [9.17, 15) is 9.59 Å². The molecule has 108 valence electrons. The van der Waals surface area contributed by atoms with Crippen molar-refractivity contribution in [1.82, 2.24) is 5.32 Å². The number of carbonyl (C=O) groups excluding carboxylic acids is 2. The largest absolute Gasteiger partial charge is 0.465 e. The van der Waals surface area contributed by atoms with Crippen molar-refractivity contribution in [2.45, 2.75) is 19.8 Å². The fourth-order valence-corrected chi connectivity index (χ4v) is 2.45. The molecule has 1 aromatic carbocycles. The van der Waals surface area contributed by atoms with Crippen molar-refractivity contribution >= 4 is 17.6 Å². The Balaban J connectivity index is 2.05. The number of rotatable bonds is 4. The van der Waals surface area contributed by atoms with Crippen molar-refractivity contribution in [3.8, 4) is 0 Å². The summed E-state index contributed by atoms with van der Waals surface area (Å²) in [5.41, 5.74) is 1.88. The van der Waals surface area contributed by atoms with Crippen LogP contribution in [0.3, 0.4) is 0 Å². The molecule has 2 N–H and O–H groups in total. The van der Waals surface area contributed by atoms with Gasteiger partial charge in [-0.25, -0.2) is 4.79 Å². The van der Waals surface area contributed by atoms with Crippen LogP contribution in [0.25, 0.3) is 0 Å². The number of esters is 1. The van der Waals surface area contributed by atoms with Crippen LogP contribution in [0.1, 0.15) is 28.8 Å². The molecule has 1 aliphatic rings. The van der Waals surface area contributed by atoms with Crippen LogP contribution < -0.4 is 10.6 Å². The van der Waals surface area contributed by atoms with E-state index in [4.69, 9.17) is 4.74 Å². The third-order valence-corrected chi connectivity index (χ3v) is 3.65. The fraction of sp³-hybridized carbons (Fsp3) is 0.467. The monoisotopic (exact) mass is 276 g/mol. The van der Waals surface area contributed by atoms with E-state index in [1.54, 1.807) is 25.1 Å². The van der Waals surface area contributed by atoms with Crippen molar-refractivity contribution < 1.29 is 14.3 Å². The summed E-state index contributed by atoms with van der Waals surface area (Å²) in [4.78, 5) is 23.6. The number of carbonyl (C=O) groups is 2. The van der Waals surface area contributed by atoms with Gasteiger partial charge >= 0.3 is 5.97 Å². The lowest BCUT2D eigenvalue weighted by Crippen LogP contribution is -2.19. The molecule has 1 aliphatic heterocycles. The molecule has 20 heavy (non-hydrogen) atoms. The first-order valence-electron chi connectivity index (χ1n) is 6.80. The Bertz CT molecular complexity index is 508. The van der Waals surface area contributed by atoms with Crippen LogP contribution in [0.4, 0.5) is 5.69 Å².